The van der Waals surface area contributed by atoms with Crippen molar-refractivity contribution in [1.82, 2.24) is 59.7 Å². The number of fused-ring (bicyclic) bond motifs is 6. The molecule has 15 rings (SSSR count). The Morgan fingerprint density at radius 3 is 1.42 bits per heavy atom. The van der Waals surface area contributed by atoms with Crippen LogP contribution >= 0.6 is 11.3 Å². The molecule has 0 saturated carbocycles. The third-order valence-electron chi connectivity index (χ3n) is 18.0. The minimum Gasteiger partial charge on any atom is -0.361 e. The number of nitrogens with zero attached hydrogens (tertiary/aromatic N) is 8. The second-order valence-electron chi connectivity index (χ2n) is 29.2. The van der Waals surface area contributed by atoms with Crippen molar-refractivity contribution in [1.29, 1.82) is 0 Å². The summed E-state index contributed by atoms with van der Waals surface area (Å²) in [5.74, 6) is 6.06. The molecule has 0 aliphatic heterocycles. The molecule has 0 aliphatic carbocycles. The lowest BCUT2D eigenvalue weighted by Crippen LogP contribution is -1.89. The molecule has 0 amide bonds. The average molecular weight is 1400 g/mol. The van der Waals surface area contributed by atoms with Crippen LogP contribution in [0.1, 0.15) is 255 Å². The lowest BCUT2D eigenvalue weighted by molar-refractivity contribution is 0.392. The lowest BCUT2D eigenvalue weighted by Gasteiger charge is -2.04. The summed E-state index contributed by atoms with van der Waals surface area (Å²) >= 11 is 1.81. The molecule has 13 nitrogen and oxygen atoms in total. The molecular weight excluding hydrogens is 1290 g/mol. The number of thiazole rings is 1. The largest absolute Gasteiger partial charge is 0.361 e. The van der Waals surface area contributed by atoms with E-state index in [0.29, 0.717) is 53.3 Å². The van der Waals surface area contributed by atoms with E-state index in [1.54, 1.807) is 6.20 Å². The van der Waals surface area contributed by atoms with E-state index in [9.17, 15) is 0 Å². The third-order valence-corrected chi connectivity index (χ3v) is 19.4. The molecule has 0 aliphatic rings. The monoisotopic (exact) mass is 1400 g/mol. The molecule has 4 N–H and O–H groups in total. The highest BCUT2D eigenvalue weighted by Gasteiger charge is 2.15. The number of nitrogens with one attached hydrogen (secondary N) is 4. The highest BCUT2D eigenvalue weighted by Crippen LogP contribution is 2.31. The fraction of sp³-hybridized carbons (Fsp3) is 0.371. The highest BCUT2D eigenvalue weighted by molar-refractivity contribution is 7.11. The van der Waals surface area contributed by atoms with Gasteiger partial charge in [0, 0.05) is 115 Å². The Morgan fingerprint density at radius 2 is 0.951 bits per heavy atom. The molecule has 10 aromatic heterocycles. The maximum Gasteiger partial charge on any atom is 0.137 e. The first kappa shape index (κ1) is 80.6. The van der Waals surface area contributed by atoms with Gasteiger partial charge in [0.15, 0.2) is 0 Å². The molecule has 0 spiro atoms. The number of benzene rings is 5. The first-order chi connectivity index (χ1) is 49.1. The van der Waals surface area contributed by atoms with Gasteiger partial charge < -0.3 is 19.1 Å². The van der Waals surface area contributed by atoms with Gasteiger partial charge in [-0.25, -0.2) is 9.50 Å². The van der Waals surface area contributed by atoms with E-state index in [-0.39, 0.29) is 0 Å². The Labute approximate surface area is 617 Å². The number of aromatic nitrogens is 12. The zero-order valence-corrected chi connectivity index (χ0v) is 66.8. The van der Waals surface area contributed by atoms with Gasteiger partial charge in [0.25, 0.3) is 0 Å². The van der Waals surface area contributed by atoms with E-state index in [0.717, 1.165) is 22.5 Å². The van der Waals surface area contributed by atoms with Crippen molar-refractivity contribution in [3.63, 3.8) is 0 Å². The van der Waals surface area contributed by atoms with Gasteiger partial charge in [-0.05, 0) is 159 Å². The van der Waals surface area contributed by atoms with Crippen LogP contribution in [-0.2, 0) is 7.05 Å². The van der Waals surface area contributed by atoms with Crippen molar-refractivity contribution in [2.75, 3.05) is 0 Å². The maximum atomic E-state index is 5.01. The quantitative estimate of drug-likeness (QED) is 0.112. The predicted molar refractivity (Wildman–Crippen MR) is 440 cm³/mol. The van der Waals surface area contributed by atoms with Crippen LogP contribution in [0.2, 0.25) is 0 Å². The normalized spacial score (nSPS) is 11.1. The van der Waals surface area contributed by atoms with Crippen LogP contribution in [0.15, 0.2) is 193 Å². The predicted octanol–water partition coefficient (Wildman–Crippen LogP) is 25.5. The van der Waals surface area contributed by atoms with E-state index in [1.165, 1.54) is 115 Å². The molecule has 14 heteroatoms. The fourth-order valence-corrected chi connectivity index (χ4v) is 13.7. The first-order valence-corrected chi connectivity index (χ1v) is 37.6. The van der Waals surface area contributed by atoms with Gasteiger partial charge in [0.1, 0.15) is 5.76 Å². The number of hydrogen-bond donors (Lipinski definition) is 4. The van der Waals surface area contributed by atoms with Crippen LogP contribution in [0.5, 0.6) is 0 Å². The number of aromatic amines is 4. The summed E-state index contributed by atoms with van der Waals surface area (Å²) in [4.78, 5) is 16.5. The molecule has 5 aromatic carbocycles. The van der Waals surface area contributed by atoms with Gasteiger partial charge in [-0.3, -0.25) is 15.2 Å². The Bertz CT molecular complexity index is 4640. The maximum absolute atomic E-state index is 5.01. The first-order valence-electron chi connectivity index (χ1n) is 36.8. The Balaban J connectivity index is 0.000000163. The molecule has 0 atom stereocenters. The van der Waals surface area contributed by atoms with E-state index >= 15 is 0 Å². The number of rotatable bonds is 9. The number of H-pyrrole nitrogens is 4. The van der Waals surface area contributed by atoms with Crippen LogP contribution in [-0.4, -0.2) is 59.7 Å². The van der Waals surface area contributed by atoms with Crippen molar-refractivity contribution in [2.45, 2.75) is 213 Å². The number of para-hydroxylation sites is 5. The van der Waals surface area contributed by atoms with Gasteiger partial charge >= 0.3 is 0 Å². The molecule has 103 heavy (non-hydrogen) atoms. The Hall–Kier alpha value is -9.66. The summed E-state index contributed by atoms with van der Waals surface area (Å²) in [5.41, 5.74) is 21.3. The average Bonchev–Trinajstić information content (AvgIpc) is 1.67. The Kier molecular flexibility index (Phi) is 30.2. The molecule has 0 radical (unpaired) electrons. The number of pyridine rings is 2. The molecule has 0 saturated heterocycles. The zero-order valence-electron chi connectivity index (χ0n) is 66.0. The lowest BCUT2D eigenvalue weighted by atomic mass is 10.00. The van der Waals surface area contributed by atoms with Crippen molar-refractivity contribution in [3.8, 4) is 0 Å². The second-order valence-corrected chi connectivity index (χ2v) is 30.5. The number of aryl methyl sites for hydroxylation is 6. The van der Waals surface area contributed by atoms with E-state index in [4.69, 9.17) is 4.52 Å². The smallest absolute Gasteiger partial charge is 0.137 e. The van der Waals surface area contributed by atoms with Crippen molar-refractivity contribution < 1.29 is 4.52 Å². The summed E-state index contributed by atoms with van der Waals surface area (Å²) in [6, 6.07) is 52.0. The topological polar surface area (TPSA) is 163 Å². The van der Waals surface area contributed by atoms with Gasteiger partial charge in [0.2, 0.25) is 0 Å². The van der Waals surface area contributed by atoms with Gasteiger partial charge in [-0.15, -0.1) is 11.3 Å². The summed E-state index contributed by atoms with van der Waals surface area (Å²) in [6.07, 6.45) is 12.0. The molecule has 0 bridgehead atoms. The van der Waals surface area contributed by atoms with Crippen molar-refractivity contribution >= 4 is 71.4 Å². The van der Waals surface area contributed by atoms with Crippen molar-refractivity contribution in [3.05, 3.63) is 266 Å². The number of hydrogen-bond acceptors (Lipinski definition) is 8. The van der Waals surface area contributed by atoms with E-state index in [1.807, 2.05) is 103 Å². The minimum atomic E-state index is 0.511. The van der Waals surface area contributed by atoms with Crippen molar-refractivity contribution in [2.24, 2.45) is 7.05 Å². The van der Waals surface area contributed by atoms with Gasteiger partial charge in [-0.1, -0.05) is 233 Å². The van der Waals surface area contributed by atoms with Gasteiger partial charge in [0.05, 0.1) is 39.1 Å². The summed E-state index contributed by atoms with van der Waals surface area (Å²) in [7, 11) is 2.11. The fourth-order valence-electron chi connectivity index (χ4n) is 12.8. The molecule has 544 valence electrons. The molecule has 10 heterocycles. The molecular formula is C89H116N12OS. The summed E-state index contributed by atoms with van der Waals surface area (Å²) < 4.78 is 9.12. The third kappa shape index (κ3) is 21.9. The van der Waals surface area contributed by atoms with Gasteiger partial charge in [-0.2, -0.15) is 15.3 Å². The molecule has 0 fully saturated rings. The van der Waals surface area contributed by atoms with E-state index in [2.05, 4.69) is 317 Å². The van der Waals surface area contributed by atoms with Crippen LogP contribution in [0.3, 0.4) is 0 Å². The van der Waals surface area contributed by atoms with Crippen LogP contribution in [0, 0.1) is 34.6 Å². The Morgan fingerprint density at radius 1 is 0.437 bits per heavy atom. The molecule has 0 unspecified atom stereocenters. The van der Waals surface area contributed by atoms with Crippen LogP contribution < -0.4 is 0 Å². The SMILES string of the molecule is CC(C)c1[nH]nc2ccccc12.CC(C)c1[nH]nc2ccccc12.CC(C)c1c[nH]c2ccccc12.CC(C)c1cccnc1.CC(C)c1cn(C)c2ccccc12.CC(C)c1cnn2ccccc12.Cc1[nH]c2ccccc2c1C(C)C.Cc1nc(C)c(C(C)C)s1.Cc1noc(C)c1C(C)C. The standard InChI is InChI=1S/2C12H15N.C11H13N.3C10H12N2.C8H13NO.C8H13NS.C8H11N/c1-9(2)11-8-13(3)12-7-5-4-6-10(11)12;1-8(2)12-9(3)13-11-7-5-4-6-10(11)12;1-8(2)10-7-12-11-6-4-3-5-9(10)11;1-8(2)9-7-11-12-6-4-3-5-10(9)12;2*1-7(2)10-8-5-3-4-6-9(8)11-12-10;1-5(2)8-6(3)9-10-7(8)4;1-5(2)8-6(3)9-7(4)10-8;1-7(2)8-4-3-5-9-6-8/h4-9H,1-3H3;4-8,13H,1-3H3;3-8,12H,1-2H3;3-8H,1-2H3;2*3-7H,1-2H3,(H,11,12);2*5H,1-4H3;3-7H,1-2H3. The van der Waals surface area contributed by atoms with E-state index < -0.39 is 0 Å². The van der Waals surface area contributed by atoms with Crippen LogP contribution in [0.4, 0.5) is 0 Å². The zero-order chi connectivity index (χ0) is 75.2. The van der Waals surface area contributed by atoms with Crippen LogP contribution in [0.25, 0.3) is 60.0 Å². The minimum absolute atomic E-state index is 0.511. The summed E-state index contributed by atoms with van der Waals surface area (Å²) in [5, 5.41) is 30.5. The molecule has 15 aromatic rings. The summed E-state index contributed by atoms with van der Waals surface area (Å²) in [6.45, 7) is 49.7. The highest BCUT2D eigenvalue weighted by atomic mass is 32.1. The second kappa shape index (κ2) is 38.6.